The van der Waals surface area contributed by atoms with E-state index in [-0.39, 0.29) is 11.9 Å². The molecule has 1 aromatic heterocycles. The van der Waals surface area contributed by atoms with E-state index in [1.54, 1.807) is 6.92 Å². The van der Waals surface area contributed by atoms with Crippen LogP contribution in [0.3, 0.4) is 0 Å². The normalized spacial score (nSPS) is 16.2. The third-order valence-corrected chi connectivity index (χ3v) is 4.45. The average Bonchev–Trinajstić information content (AvgIpc) is 3.02. The van der Waals surface area contributed by atoms with Crippen molar-refractivity contribution >= 4 is 11.6 Å². The maximum absolute atomic E-state index is 12.5. The molecule has 0 bridgehead atoms. The molecule has 2 aromatic rings. The van der Waals surface area contributed by atoms with Gasteiger partial charge in [-0.3, -0.25) is 9.69 Å². The summed E-state index contributed by atoms with van der Waals surface area (Å²) in [4.78, 5) is 16.8. The standard InChI is InChI=1S/C18H24N4O2/c1-3-18(23)22(15-7-5-4-6-8-15)16-9-11-21(12-10-16)13-17-20-19-14(2)24-17/h4-8,16H,3,9-13H2,1-2H3. The minimum atomic E-state index is 0.187. The molecule has 1 aromatic carbocycles. The summed E-state index contributed by atoms with van der Waals surface area (Å²) in [5, 5.41) is 7.93. The fourth-order valence-corrected chi connectivity index (χ4v) is 3.25. The molecule has 0 spiro atoms. The fraction of sp³-hybridized carbons (Fsp3) is 0.500. The monoisotopic (exact) mass is 328 g/mol. The summed E-state index contributed by atoms with van der Waals surface area (Å²) in [5.41, 5.74) is 0.996. The van der Waals surface area contributed by atoms with E-state index >= 15 is 0 Å². The van der Waals surface area contributed by atoms with Gasteiger partial charge < -0.3 is 9.32 Å². The van der Waals surface area contributed by atoms with Crippen molar-refractivity contribution in [2.24, 2.45) is 0 Å². The Morgan fingerprint density at radius 3 is 2.54 bits per heavy atom. The van der Waals surface area contributed by atoms with Crippen LogP contribution in [-0.4, -0.2) is 40.1 Å². The summed E-state index contributed by atoms with van der Waals surface area (Å²) < 4.78 is 5.46. The lowest BCUT2D eigenvalue weighted by Gasteiger charge is -2.38. The van der Waals surface area contributed by atoms with Gasteiger partial charge in [-0.1, -0.05) is 25.1 Å². The second kappa shape index (κ2) is 7.57. The summed E-state index contributed by atoms with van der Waals surface area (Å²) in [6, 6.07) is 10.2. The first-order valence-electron chi connectivity index (χ1n) is 8.56. The third-order valence-electron chi connectivity index (χ3n) is 4.45. The van der Waals surface area contributed by atoms with Crippen LogP contribution >= 0.6 is 0 Å². The van der Waals surface area contributed by atoms with Gasteiger partial charge in [0.2, 0.25) is 17.7 Å². The van der Waals surface area contributed by atoms with Crippen molar-refractivity contribution in [1.29, 1.82) is 0 Å². The van der Waals surface area contributed by atoms with Crippen molar-refractivity contribution in [1.82, 2.24) is 15.1 Å². The van der Waals surface area contributed by atoms with Crippen LogP contribution < -0.4 is 4.90 Å². The Balaban J connectivity index is 1.64. The Hall–Kier alpha value is -2.21. The quantitative estimate of drug-likeness (QED) is 0.844. The number of aryl methyl sites for hydroxylation is 1. The minimum Gasteiger partial charge on any atom is -0.424 e. The summed E-state index contributed by atoms with van der Waals surface area (Å²) in [7, 11) is 0. The van der Waals surface area contributed by atoms with Gasteiger partial charge in [0.15, 0.2) is 0 Å². The molecule has 0 radical (unpaired) electrons. The molecule has 2 heterocycles. The van der Waals surface area contributed by atoms with Crippen LogP contribution in [0.15, 0.2) is 34.7 Å². The number of carbonyl (C=O) groups is 1. The number of piperidine rings is 1. The number of carbonyl (C=O) groups excluding carboxylic acids is 1. The van der Waals surface area contributed by atoms with E-state index in [1.807, 2.05) is 42.2 Å². The van der Waals surface area contributed by atoms with Crippen LogP contribution in [0.4, 0.5) is 5.69 Å². The molecule has 0 unspecified atom stereocenters. The second-order valence-electron chi connectivity index (χ2n) is 6.17. The van der Waals surface area contributed by atoms with Crippen molar-refractivity contribution < 1.29 is 9.21 Å². The summed E-state index contributed by atoms with van der Waals surface area (Å²) >= 11 is 0. The highest BCUT2D eigenvalue weighted by Crippen LogP contribution is 2.25. The maximum atomic E-state index is 12.5. The fourth-order valence-electron chi connectivity index (χ4n) is 3.25. The molecule has 0 N–H and O–H groups in total. The van der Waals surface area contributed by atoms with Crippen molar-refractivity contribution in [3.63, 3.8) is 0 Å². The summed E-state index contributed by atoms with van der Waals surface area (Å²) in [6.07, 6.45) is 2.43. The first kappa shape index (κ1) is 16.6. The van der Waals surface area contributed by atoms with E-state index in [2.05, 4.69) is 15.1 Å². The number of rotatable bonds is 5. The van der Waals surface area contributed by atoms with Crippen molar-refractivity contribution in [3.8, 4) is 0 Å². The van der Waals surface area contributed by atoms with E-state index in [4.69, 9.17) is 4.42 Å². The molecular formula is C18H24N4O2. The van der Waals surface area contributed by atoms with Crippen molar-refractivity contribution in [2.45, 2.75) is 45.7 Å². The molecule has 1 fully saturated rings. The van der Waals surface area contributed by atoms with Crippen LogP contribution in [0, 0.1) is 6.92 Å². The van der Waals surface area contributed by atoms with Crippen molar-refractivity contribution in [2.75, 3.05) is 18.0 Å². The van der Waals surface area contributed by atoms with Crippen LogP contribution in [-0.2, 0) is 11.3 Å². The SMILES string of the molecule is CCC(=O)N(c1ccccc1)C1CCN(Cc2nnc(C)o2)CC1. The highest BCUT2D eigenvalue weighted by molar-refractivity contribution is 5.93. The molecule has 0 aliphatic carbocycles. The molecule has 1 saturated heterocycles. The lowest BCUT2D eigenvalue weighted by atomic mass is 10.0. The lowest BCUT2D eigenvalue weighted by molar-refractivity contribution is -0.119. The third kappa shape index (κ3) is 3.82. The Morgan fingerprint density at radius 1 is 1.25 bits per heavy atom. The molecule has 24 heavy (non-hydrogen) atoms. The largest absolute Gasteiger partial charge is 0.424 e. The number of benzene rings is 1. The molecule has 6 heteroatoms. The van der Waals surface area contributed by atoms with Gasteiger partial charge in [0.1, 0.15) is 0 Å². The minimum absolute atomic E-state index is 0.187. The number of hydrogen-bond donors (Lipinski definition) is 0. The Morgan fingerprint density at radius 2 is 1.96 bits per heavy atom. The Labute approximate surface area is 142 Å². The van der Waals surface area contributed by atoms with E-state index in [0.29, 0.717) is 24.7 Å². The predicted molar refractivity (Wildman–Crippen MR) is 91.6 cm³/mol. The molecule has 1 aliphatic heterocycles. The van der Waals surface area contributed by atoms with Crippen LogP contribution in [0.1, 0.15) is 38.0 Å². The molecule has 1 aliphatic rings. The van der Waals surface area contributed by atoms with Crippen LogP contribution in [0.5, 0.6) is 0 Å². The number of likely N-dealkylation sites (tertiary alicyclic amines) is 1. The molecule has 6 nitrogen and oxygen atoms in total. The number of nitrogens with zero attached hydrogens (tertiary/aromatic N) is 4. The number of anilines is 1. The highest BCUT2D eigenvalue weighted by Gasteiger charge is 2.28. The molecule has 1 amide bonds. The second-order valence-corrected chi connectivity index (χ2v) is 6.17. The molecule has 128 valence electrons. The number of hydrogen-bond acceptors (Lipinski definition) is 5. The maximum Gasteiger partial charge on any atom is 0.230 e. The van der Waals surface area contributed by atoms with E-state index in [9.17, 15) is 4.79 Å². The van der Waals surface area contributed by atoms with Gasteiger partial charge in [-0.05, 0) is 25.0 Å². The Kier molecular flexibility index (Phi) is 5.25. The highest BCUT2D eigenvalue weighted by atomic mass is 16.4. The molecular weight excluding hydrogens is 304 g/mol. The van der Waals surface area contributed by atoms with Gasteiger partial charge in [0.05, 0.1) is 6.54 Å². The first-order chi connectivity index (χ1) is 11.7. The van der Waals surface area contributed by atoms with Crippen molar-refractivity contribution in [3.05, 3.63) is 42.1 Å². The average molecular weight is 328 g/mol. The topological polar surface area (TPSA) is 62.5 Å². The van der Waals surface area contributed by atoms with Crippen LogP contribution in [0.2, 0.25) is 0 Å². The molecule has 3 rings (SSSR count). The van der Waals surface area contributed by atoms with Gasteiger partial charge in [-0.2, -0.15) is 0 Å². The summed E-state index contributed by atoms with van der Waals surface area (Å²) in [5.74, 6) is 1.45. The van der Waals surface area contributed by atoms with Gasteiger partial charge in [-0.25, -0.2) is 0 Å². The molecule has 0 saturated carbocycles. The van der Waals surface area contributed by atoms with E-state index in [1.165, 1.54) is 0 Å². The zero-order valence-corrected chi connectivity index (χ0v) is 14.3. The van der Waals surface area contributed by atoms with E-state index < -0.39 is 0 Å². The number of para-hydroxylation sites is 1. The lowest BCUT2D eigenvalue weighted by Crippen LogP contribution is -2.47. The van der Waals surface area contributed by atoms with Gasteiger partial charge in [0.25, 0.3) is 0 Å². The first-order valence-corrected chi connectivity index (χ1v) is 8.56. The predicted octanol–water partition coefficient (Wildman–Crippen LogP) is 2.79. The zero-order chi connectivity index (χ0) is 16.9. The van der Waals surface area contributed by atoms with Gasteiger partial charge in [-0.15, -0.1) is 10.2 Å². The smallest absolute Gasteiger partial charge is 0.230 e. The zero-order valence-electron chi connectivity index (χ0n) is 14.3. The summed E-state index contributed by atoms with van der Waals surface area (Å²) in [6.45, 7) is 6.25. The van der Waals surface area contributed by atoms with Gasteiger partial charge >= 0.3 is 0 Å². The molecule has 0 atom stereocenters. The number of amides is 1. The van der Waals surface area contributed by atoms with Crippen LogP contribution in [0.25, 0.3) is 0 Å². The van der Waals surface area contributed by atoms with E-state index in [0.717, 1.165) is 31.6 Å². The number of aromatic nitrogens is 2. The van der Waals surface area contributed by atoms with Gasteiger partial charge in [0, 0.05) is 38.2 Å². The Bertz CT molecular complexity index is 663.